The topological polar surface area (TPSA) is 67.6 Å². The van der Waals surface area contributed by atoms with Gasteiger partial charge in [0.1, 0.15) is 40.7 Å². The van der Waals surface area contributed by atoms with E-state index in [1.807, 2.05) is 12.1 Å². The third-order valence-corrected chi connectivity index (χ3v) is 11.8. The van der Waals surface area contributed by atoms with Crippen LogP contribution < -0.4 is 10.6 Å². The summed E-state index contributed by atoms with van der Waals surface area (Å²) in [4.78, 5) is 5.12. The van der Waals surface area contributed by atoms with Gasteiger partial charge in [-0.25, -0.2) is 4.99 Å². The van der Waals surface area contributed by atoms with Gasteiger partial charge in [0.15, 0.2) is 0 Å². The molecule has 0 fully saturated rings. The zero-order valence-electron chi connectivity index (χ0n) is 30.9. The quantitative estimate of drug-likeness (QED) is 0.185. The lowest BCUT2D eigenvalue weighted by Crippen LogP contribution is -2.45. The molecule has 2 N–H and O–H groups in total. The molecule has 0 saturated heterocycles. The molecule has 12 rings (SSSR count). The van der Waals surface area contributed by atoms with Gasteiger partial charge in [-0.15, -0.1) is 0 Å². The Morgan fingerprint density at radius 1 is 0.561 bits per heavy atom. The lowest BCUT2D eigenvalue weighted by atomic mass is 9.96. The van der Waals surface area contributed by atoms with Crippen molar-refractivity contribution in [3.63, 3.8) is 0 Å². The molecule has 7 aromatic carbocycles. The first kappa shape index (κ1) is 32.1. The molecule has 0 bridgehead atoms. The van der Waals surface area contributed by atoms with E-state index in [1.165, 1.54) is 21.8 Å². The molecule has 1 aliphatic heterocycles. The Kier molecular flexibility index (Phi) is 7.16. The van der Waals surface area contributed by atoms with Crippen LogP contribution in [0, 0.1) is 0 Å². The minimum absolute atomic E-state index is 0.0536. The number of benzene rings is 7. The fourth-order valence-electron chi connectivity index (χ4n) is 9.21. The smallest absolute Gasteiger partial charge is 0.136 e. The first-order valence-corrected chi connectivity index (χ1v) is 19.6. The number of amidine groups is 1. The molecule has 3 atom stereocenters. The second-order valence-corrected chi connectivity index (χ2v) is 15.1. The van der Waals surface area contributed by atoms with Gasteiger partial charge in [-0.1, -0.05) is 133 Å². The standard InChI is InChI=1S/C51H36N4O2/c1-3-13-31(14-4-1)49-52-50(32-15-5-2-6-16-32)54-51(53-49)40-20-12-24-44-47(40)39-28-26-34(30-46(39)56-44)33-25-27-37-38-19-11-23-43(48(38)57-45(37)29-33)55-41-21-9-7-17-35(41)36-18-8-10-22-42(36)55/h1-22,24-30,43,49,51,53H,23H2,(H,52,54). The van der Waals surface area contributed by atoms with Crippen molar-refractivity contribution in [2.24, 2.45) is 4.99 Å². The van der Waals surface area contributed by atoms with Crippen LogP contribution in [0.5, 0.6) is 0 Å². The van der Waals surface area contributed by atoms with Gasteiger partial charge < -0.3 is 18.7 Å². The summed E-state index contributed by atoms with van der Waals surface area (Å²) in [5.74, 6) is 1.86. The van der Waals surface area contributed by atoms with Gasteiger partial charge in [-0.2, -0.15) is 0 Å². The molecule has 10 aromatic rings. The van der Waals surface area contributed by atoms with Crippen LogP contribution in [0.2, 0.25) is 0 Å². The summed E-state index contributed by atoms with van der Waals surface area (Å²) in [6.07, 6.45) is 4.96. The molecular formula is C51H36N4O2. The molecule has 3 aromatic heterocycles. The molecule has 2 aliphatic rings. The van der Waals surface area contributed by atoms with Crippen molar-refractivity contribution in [2.45, 2.75) is 24.8 Å². The number of rotatable bonds is 5. The largest absolute Gasteiger partial charge is 0.458 e. The second kappa shape index (κ2) is 12.7. The van der Waals surface area contributed by atoms with Crippen LogP contribution in [-0.4, -0.2) is 10.4 Å². The zero-order valence-corrected chi connectivity index (χ0v) is 30.9. The number of aromatic nitrogens is 1. The molecule has 1 aliphatic carbocycles. The summed E-state index contributed by atoms with van der Waals surface area (Å²) in [6, 6.07) is 57.7. The molecule has 272 valence electrons. The van der Waals surface area contributed by atoms with Gasteiger partial charge >= 0.3 is 0 Å². The van der Waals surface area contributed by atoms with E-state index in [0.717, 1.165) is 84.3 Å². The molecule has 3 unspecified atom stereocenters. The van der Waals surface area contributed by atoms with E-state index in [0.29, 0.717) is 0 Å². The number of nitrogens with zero attached hydrogens (tertiary/aromatic N) is 2. The lowest BCUT2D eigenvalue weighted by Gasteiger charge is -2.32. The summed E-state index contributed by atoms with van der Waals surface area (Å²) in [5, 5.41) is 13.3. The van der Waals surface area contributed by atoms with Gasteiger partial charge in [0.25, 0.3) is 0 Å². The van der Waals surface area contributed by atoms with Gasteiger partial charge in [0.2, 0.25) is 0 Å². The number of nitrogens with one attached hydrogen (secondary N) is 2. The van der Waals surface area contributed by atoms with Crippen LogP contribution in [0.15, 0.2) is 184 Å². The van der Waals surface area contributed by atoms with Crippen molar-refractivity contribution in [1.82, 2.24) is 15.2 Å². The summed E-state index contributed by atoms with van der Waals surface area (Å²) in [6.45, 7) is 0. The Morgan fingerprint density at radius 2 is 1.23 bits per heavy atom. The summed E-state index contributed by atoms with van der Waals surface area (Å²) >= 11 is 0. The van der Waals surface area contributed by atoms with Crippen molar-refractivity contribution >= 4 is 66.6 Å². The minimum atomic E-state index is -0.220. The van der Waals surface area contributed by atoms with Gasteiger partial charge in [0.05, 0.1) is 6.04 Å². The fraction of sp³-hybridized carbons (Fsp3) is 0.0784. The average molecular weight is 737 g/mol. The molecule has 4 heterocycles. The fourth-order valence-corrected chi connectivity index (χ4v) is 9.21. The van der Waals surface area contributed by atoms with Crippen LogP contribution in [0.25, 0.3) is 71.9 Å². The van der Waals surface area contributed by atoms with Crippen molar-refractivity contribution in [3.05, 3.63) is 198 Å². The van der Waals surface area contributed by atoms with Gasteiger partial charge in [-0.3, -0.25) is 5.32 Å². The molecule has 0 spiro atoms. The molecule has 57 heavy (non-hydrogen) atoms. The summed E-state index contributed by atoms with van der Waals surface area (Å²) in [7, 11) is 0. The molecular weight excluding hydrogens is 701 g/mol. The highest BCUT2D eigenvalue weighted by molar-refractivity contribution is 6.10. The second-order valence-electron chi connectivity index (χ2n) is 15.1. The SMILES string of the molecule is C1=Cc2c(oc3cc(-c4ccc5c(c4)oc4cccc(C6NC(c7ccccc7)=NC(c7ccccc7)N6)c45)ccc23)C(n2c3ccccc3c3ccccc32)C1. The van der Waals surface area contributed by atoms with Crippen LogP contribution in [-0.2, 0) is 0 Å². The molecule has 6 heteroatoms. The van der Waals surface area contributed by atoms with Crippen LogP contribution >= 0.6 is 0 Å². The predicted molar refractivity (Wildman–Crippen MR) is 231 cm³/mol. The average Bonchev–Trinajstić information content (AvgIpc) is 3.96. The summed E-state index contributed by atoms with van der Waals surface area (Å²) < 4.78 is 16.0. The van der Waals surface area contributed by atoms with E-state index >= 15 is 0 Å². The Hall–Kier alpha value is -7.15. The lowest BCUT2D eigenvalue weighted by molar-refractivity contribution is 0.411. The highest BCUT2D eigenvalue weighted by Crippen LogP contribution is 2.44. The summed E-state index contributed by atoms with van der Waals surface area (Å²) in [5.41, 5.74) is 11.6. The number of allylic oxidation sites excluding steroid dienone is 1. The van der Waals surface area contributed by atoms with Crippen LogP contribution in [0.3, 0.4) is 0 Å². The predicted octanol–water partition coefficient (Wildman–Crippen LogP) is 12.5. The maximum Gasteiger partial charge on any atom is 0.136 e. The Labute approximate surface area is 328 Å². The first-order chi connectivity index (χ1) is 28.2. The van der Waals surface area contributed by atoms with E-state index in [2.05, 4.69) is 179 Å². The van der Waals surface area contributed by atoms with Gasteiger partial charge in [-0.05, 0) is 65.6 Å². The number of hydrogen-bond donors (Lipinski definition) is 2. The van der Waals surface area contributed by atoms with E-state index in [4.69, 9.17) is 13.8 Å². The number of furan rings is 2. The normalized spacial score (nSPS) is 18.0. The first-order valence-electron chi connectivity index (χ1n) is 19.6. The van der Waals surface area contributed by atoms with Crippen molar-refractivity contribution in [3.8, 4) is 11.1 Å². The molecule has 6 nitrogen and oxygen atoms in total. The zero-order chi connectivity index (χ0) is 37.5. The molecule has 0 radical (unpaired) electrons. The molecule has 0 saturated carbocycles. The number of para-hydroxylation sites is 2. The maximum absolute atomic E-state index is 6.87. The third kappa shape index (κ3) is 5.11. The van der Waals surface area contributed by atoms with E-state index in [9.17, 15) is 0 Å². The number of aliphatic imine (C=N–C) groups is 1. The Bertz CT molecular complexity index is 3190. The monoisotopic (exact) mass is 736 g/mol. The van der Waals surface area contributed by atoms with Crippen LogP contribution in [0.1, 0.15) is 52.8 Å². The Balaban J connectivity index is 0.924. The minimum Gasteiger partial charge on any atom is -0.458 e. The van der Waals surface area contributed by atoms with Crippen molar-refractivity contribution in [1.29, 1.82) is 0 Å². The van der Waals surface area contributed by atoms with Gasteiger partial charge in [0, 0.05) is 54.7 Å². The van der Waals surface area contributed by atoms with Crippen molar-refractivity contribution in [2.75, 3.05) is 0 Å². The van der Waals surface area contributed by atoms with E-state index < -0.39 is 0 Å². The number of fused-ring (bicyclic) bond motifs is 9. The van der Waals surface area contributed by atoms with Crippen LogP contribution in [0.4, 0.5) is 0 Å². The highest BCUT2D eigenvalue weighted by Gasteiger charge is 2.30. The van der Waals surface area contributed by atoms with E-state index in [1.54, 1.807) is 0 Å². The third-order valence-electron chi connectivity index (χ3n) is 11.8. The highest BCUT2D eigenvalue weighted by atomic mass is 16.3. The number of hydrogen-bond acceptors (Lipinski definition) is 5. The maximum atomic E-state index is 6.87. The van der Waals surface area contributed by atoms with Crippen molar-refractivity contribution < 1.29 is 8.83 Å². The molecule has 0 amide bonds. The Morgan fingerprint density at radius 3 is 1.98 bits per heavy atom. The van der Waals surface area contributed by atoms with E-state index in [-0.39, 0.29) is 18.4 Å².